The molecule has 0 saturated carbocycles. The quantitative estimate of drug-likeness (QED) is 0.878. The first-order chi connectivity index (χ1) is 9.40. The van der Waals surface area contributed by atoms with Gasteiger partial charge in [0.05, 0.1) is 6.61 Å². The molecule has 1 N–H and O–H groups in total. The van der Waals surface area contributed by atoms with Crippen molar-refractivity contribution in [3.63, 3.8) is 0 Å². The highest BCUT2D eigenvalue weighted by Crippen LogP contribution is 2.21. The molecule has 1 aromatic rings. The molecule has 2 atom stereocenters. The molecule has 0 aromatic carbocycles. The van der Waals surface area contributed by atoms with Gasteiger partial charge in [-0.1, -0.05) is 6.07 Å². The molecule has 0 spiro atoms. The van der Waals surface area contributed by atoms with Crippen LogP contribution in [-0.4, -0.2) is 49.3 Å². The van der Waals surface area contributed by atoms with Crippen LogP contribution in [0.15, 0.2) is 24.4 Å². The zero-order chi connectivity index (χ0) is 12.9. The number of aromatic nitrogens is 1. The number of ether oxygens (including phenoxy) is 1. The van der Waals surface area contributed by atoms with E-state index in [0.717, 1.165) is 37.4 Å². The standard InChI is InChI=1S/C15H23N3O/c1-2-6-16-15(3-1)17-9-13-4-7-18(10-13)11-14-5-8-19-12-14/h1-3,6,13-14H,4-5,7-12H2,(H,16,17). The highest BCUT2D eigenvalue weighted by atomic mass is 16.5. The molecule has 3 heterocycles. The SMILES string of the molecule is c1ccc(NCC2CCN(CC3CCOC3)C2)nc1. The fraction of sp³-hybridized carbons (Fsp3) is 0.667. The van der Waals surface area contributed by atoms with Crippen LogP contribution >= 0.6 is 0 Å². The number of hydrogen-bond donors (Lipinski definition) is 1. The van der Waals surface area contributed by atoms with Crippen molar-refractivity contribution in [2.24, 2.45) is 11.8 Å². The van der Waals surface area contributed by atoms with E-state index in [4.69, 9.17) is 4.74 Å². The Morgan fingerprint density at radius 2 is 2.32 bits per heavy atom. The maximum absolute atomic E-state index is 5.45. The van der Waals surface area contributed by atoms with E-state index < -0.39 is 0 Å². The number of likely N-dealkylation sites (tertiary alicyclic amines) is 1. The van der Waals surface area contributed by atoms with E-state index >= 15 is 0 Å². The molecule has 19 heavy (non-hydrogen) atoms. The Hall–Kier alpha value is -1.13. The molecule has 1 aromatic heterocycles. The fourth-order valence-electron chi connectivity index (χ4n) is 3.05. The van der Waals surface area contributed by atoms with Gasteiger partial charge in [-0.2, -0.15) is 0 Å². The Morgan fingerprint density at radius 3 is 3.11 bits per heavy atom. The lowest BCUT2D eigenvalue weighted by Gasteiger charge is -2.19. The van der Waals surface area contributed by atoms with Crippen molar-refractivity contribution < 1.29 is 4.74 Å². The fourth-order valence-corrected chi connectivity index (χ4v) is 3.05. The summed E-state index contributed by atoms with van der Waals surface area (Å²) in [7, 11) is 0. The molecule has 0 radical (unpaired) electrons. The minimum atomic E-state index is 0.754. The summed E-state index contributed by atoms with van der Waals surface area (Å²) >= 11 is 0. The number of pyridine rings is 1. The Bertz CT molecular complexity index is 378. The van der Waals surface area contributed by atoms with Gasteiger partial charge in [-0.3, -0.25) is 0 Å². The molecule has 2 saturated heterocycles. The summed E-state index contributed by atoms with van der Waals surface area (Å²) in [5.41, 5.74) is 0. The van der Waals surface area contributed by atoms with Gasteiger partial charge in [0.2, 0.25) is 0 Å². The van der Waals surface area contributed by atoms with Crippen LogP contribution in [0, 0.1) is 11.8 Å². The summed E-state index contributed by atoms with van der Waals surface area (Å²) < 4.78 is 5.45. The van der Waals surface area contributed by atoms with Crippen LogP contribution in [0.5, 0.6) is 0 Å². The van der Waals surface area contributed by atoms with Gasteiger partial charge in [0.15, 0.2) is 0 Å². The lowest BCUT2D eigenvalue weighted by molar-refractivity contribution is 0.173. The molecule has 0 aliphatic carbocycles. The maximum atomic E-state index is 5.45. The lowest BCUT2D eigenvalue weighted by atomic mass is 10.1. The van der Waals surface area contributed by atoms with Gasteiger partial charge >= 0.3 is 0 Å². The first-order valence-electron chi connectivity index (χ1n) is 7.35. The van der Waals surface area contributed by atoms with Crippen LogP contribution in [0.4, 0.5) is 5.82 Å². The monoisotopic (exact) mass is 261 g/mol. The van der Waals surface area contributed by atoms with E-state index in [0.29, 0.717) is 0 Å². The number of anilines is 1. The van der Waals surface area contributed by atoms with Crippen molar-refractivity contribution in [2.75, 3.05) is 44.7 Å². The van der Waals surface area contributed by atoms with E-state index in [-0.39, 0.29) is 0 Å². The zero-order valence-electron chi connectivity index (χ0n) is 11.4. The third kappa shape index (κ3) is 3.67. The second kappa shape index (κ2) is 6.35. The van der Waals surface area contributed by atoms with Gasteiger partial charge in [0, 0.05) is 32.4 Å². The summed E-state index contributed by atoms with van der Waals surface area (Å²) in [4.78, 5) is 6.90. The molecule has 0 bridgehead atoms. The van der Waals surface area contributed by atoms with Crippen molar-refractivity contribution in [2.45, 2.75) is 12.8 Å². The third-order valence-corrected chi connectivity index (χ3v) is 4.15. The number of rotatable bonds is 5. The van der Waals surface area contributed by atoms with Gasteiger partial charge in [-0.25, -0.2) is 4.98 Å². The summed E-state index contributed by atoms with van der Waals surface area (Å²) in [6.07, 6.45) is 4.38. The van der Waals surface area contributed by atoms with Crippen LogP contribution in [0.3, 0.4) is 0 Å². The molecule has 2 fully saturated rings. The second-order valence-corrected chi connectivity index (χ2v) is 5.74. The van der Waals surface area contributed by atoms with E-state index in [2.05, 4.69) is 15.2 Å². The largest absolute Gasteiger partial charge is 0.381 e. The van der Waals surface area contributed by atoms with Crippen LogP contribution in [0.2, 0.25) is 0 Å². The van der Waals surface area contributed by atoms with Gasteiger partial charge < -0.3 is 15.0 Å². The summed E-state index contributed by atoms with van der Waals surface area (Å²) in [5, 5.41) is 3.44. The topological polar surface area (TPSA) is 37.4 Å². The number of nitrogens with one attached hydrogen (secondary N) is 1. The predicted molar refractivity (Wildman–Crippen MR) is 76.2 cm³/mol. The molecular formula is C15H23N3O. The summed E-state index contributed by atoms with van der Waals surface area (Å²) in [5.74, 6) is 2.51. The van der Waals surface area contributed by atoms with Gasteiger partial charge in [0.25, 0.3) is 0 Å². The molecule has 4 heteroatoms. The highest BCUT2D eigenvalue weighted by Gasteiger charge is 2.26. The van der Waals surface area contributed by atoms with Crippen molar-refractivity contribution in [3.05, 3.63) is 24.4 Å². The minimum Gasteiger partial charge on any atom is -0.381 e. The van der Waals surface area contributed by atoms with Gasteiger partial charge in [-0.05, 0) is 43.4 Å². The van der Waals surface area contributed by atoms with Crippen LogP contribution in [-0.2, 0) is 4.74 Å². The summed E-state index contributed by atoms with van der Waals surface area (Å²) in [6.45, 7) is 6.65. The molecule has 2 aliphatic rings. The number of hydrogen-bond acceptors (Lipinski definition) is 4. The molecular weight excluding hydrogens is 238 g/mol. The molecule has 4 nitrogen and oxygen atoms in total. The Balaban J connectivity index is 1.39. The van der Waals surface area contributed by atoms with Gasteiger partial charge in [0.1, 0.15) is 5.82 Å². The van der Waals surface area contributed by atoms with Crippen LogP contribution < -0.4 is 5.32 Å². The molecule has 3 rings (SSSR count). The van der Waals surface area contributed by atoms with E-state index in [1.165, 1.54) is 32.5 Å². The maximum Gasteiger partial charge on any atom is 0.125 e. The van der Waals surface area contributed by atoms with Crippen molar-refractivity contribution >= 4 is 5.82 Å². The van der Waals surface area contributed by atoms with Crippen LogP contribution in [0.1, 0.15) is 12.8 Å². The molecule has 2 aliphatic heterocycles. The zero-order valence-corrected chi connectivity index (χ0v) is 11.4. The smallest absolute Gasteiger partial charge is 0.125 e. The number of nitrogens with zero attached hydrogens (tertiary/aromatic N) is 2. The van der Waals surface area contributed by atoms with E-state index in [9.17, 15) is 0 Å². The Morgan fingerprint density at radius 1 is 1.32 bits per heavy atom. The average Bonchev–Trinajstić information content (AvgIpc) is 3.10. The first-order valence-corrected chi connectivity index (χ1v) is 7.35. The normalized spacial score (nSPS) is 27.8. The molecule has 104 valence electrons. The van der Waals surface area contributed by atoms with Crippen molar-refractivity contribution in [3.8, 4) is 0 Å². The van der Waals surface area contributed by atoms with E-state index in [1.807, 2.05) is 24.4 Å². The van der Waals surface area contributed by atoms with Crippen molar-refractivity contribution in [1.29, 1.82) is 0 Å². The minimum absolute atomic E-state index is 0.754. The predicted octanol–water partition coefficient (Wildman–Crippen LogP) is 1.85. The van der Waals surface area contributed by atoms with Crippen molar-refractivity contribution in [1.82, 2.24) is 9.88 Å². The average molecular weight is 261 g/mol. The Kier molecular flexibility index (Phi) is 4.30. The molecule has 2 unspecified atom stereocenters. The first kappa shape index (κ1) is 12.9. The van der Waals surface area contributed by atoms with Gasteiger partial charge in [-0.15, -0.1) is 0 Å². The highest BCUT2D eigenvalue weighted by molar-refractivity contribution is 5.33. The second-order valence-electron chi connectivity index (χ2n) is 5.74. The Labute approximate surface area is 115 Å². The summed E-state index contributed by atoms with van der Waals surface area (Å²) in [6, 6.07) is 6.01. The third-order valence-electron chi connectivity index (χ3n) is 4.15. The molecule has 0 amide bonds. The van der Waals surface area contributed by atoms with E-state index in [1.54, 1.807) is 0 Å². The lowest BCUT2D eigenvalue weighted by Crippen LogP contribution is -2.28. The van der Waals surface area contributed by atoms with Crippen LogP contribution in [0.25, 0.3) is 0 Å².